The Kier molecular flexibility index (Phi) is 19.4. The lowest BCUT2D eigenvalue weighted by Gasteiger charge is -2.34. The predicted molar refractivity (Wildman–Crippen MR) is 148 cm³/mol. The van der Waals surface area contributed by atoms with Crippen LogP contribution in [-0.4, -0.2) is 77.4 Å². The molecule has 0 radical (unpaired) electrons. The molecule has 0 saturated carbocycles. The van der Waals surface area contributed by atoms with Crippen LogP contribution in [0.1, 0.15) is 55.9 Å². The van der Waals surface area contributed by atoms with Gasteiger partial charge in [-0.05, 0) is 32.4 Å². The van der Waals surface area contributed by atoms with Crippen molar-refractivity contribution in [3.05, 3.63) is 10.8 Å². The molecule has 2 rings (SSSR count). The fraction of sp³-hybridized carbons (Fsp3) is 0.700. The second-order valence-corrected chi connectivity index (χ2v) is 8.16. The summed E-state index contributed by atoms with van der Waals surface area (Å²) in [5.74, 6) is -0.768. The highest BCUT2D eigenvalue weighted by Gasteiger charge is 2.17. The number of hydrogen-bond acceptors (Lipinski definition) is 8. The van der Waals surface area contributed by atoms with Crippen LogP contribution in [0.5, 0.6) is 0 Å². The molecule has 1 aromatic rings. The van der Waals surface area contributed by atoms with Crippen LogP contribution in [0.4, 0.5) is 11.6 Å². The summed E-state index contributed by atoms with van der Waals surface area (Å²) >= 11 is 5.79. The third kappa shape index (κ3) is 12.4. The summed E-state index contributed by atoms with van der Waals surface area (Å²) in [6.07, 6.45) is 7.21. The minimum absolute atomic E-state index is 0. The van der Waals surface area contributed by atoms with Gasteiger partial charge in [0, 0.05) is 32.7 Å². The second-order valence-electron chi connectivity index (χ2n) is 7.81. The molecule has 1 aliphatic rings. The summed E-state index contributed by atoms with van der Waals surface area (Å²) in [4.78, 5) is 29.1. The number of carbonyl (C=O) groups excluding carboxylic acids is 1. The van der Waals surface area contributed by atoms with Crippen molar-refractivity contribution in [1.29, 1.82) is 0 Å². The van der Waals surface area contributed by atoms with Gasteiger partial charge in [0.25, 0.3) is 5.91 Å². The van der Waals surface area contributed by atoms with E-state index < -0.39 is 5.91 Å². The molecule has 14 heteroatoms. The zero-order valence-corrected chi connectivity index (χ0v) is 22.9. The number of amides is 1. The maximum absolute atomic E-state index is 12.2. The first-order chi connectivity index (χ1) is 14.9. The van der Waals surface area contributed by atoms with E-state index >= 15 is 0 Å². The van der Waals surface area contributed by atoms with Gasteiger partial charge in [-0.15, -0.1) is 37.2 Å². The number of carbonyl (C=O) groups is 1. The monoisotopic (exact) mass is 561 g/mol. The molecular weight excluding hydrogens is 524 g/mol. The number of aromatic nitrogens is 2. The SMILES string of the molecule is CCCCCCN1CCN(CCCCN=C(N)NC(=O)c2nc(Cl)c(N)nc2N)CC1.Cl.Cl.Cl. The van der Waals surface area contributed by atoms with Gasteiger partial charge in [0.1, 0.15) is 0 Å². The maximum Gasteiger partial charge on any atom is 0.280 e. The van der Waals surface area contributed by atoms with E-state index in [0.29, 0.717) is 6.54 Å². The first kappa shape index (κ1) is 34.9. The molecule has 1 amide bonds. The summed E-state index contributed by atoms with van der Waals surface area (Å²) in [6, 6.07) is 0. The fourth-order valence-electron chi connectivity index (χ4n) is 3.47. The molecule has 0 bridgehead atoms. The normalized spacial score (nSPS) is 14.5. The Bertz CT molecular complexity index is 747. The van der Waals surface area contributed by atoms with Crippen molar-refractivity contribution in [3.8, 4) is 0 Å². The van der Waals surface area contributed by atoms with E-state index in [2.05, 4.69) is 37.0 Å². The van der Waals surface area contributed by atoms with Crippen molar-refractivity contribution in [2.45, 2.75) is 45.4 Å². The average molecular weight is 563 g/mol. The highest BCUT2D eigenvalue weighted by atomic mass is 35.5. The molecule has 0 unspecified atom stereocenters. The van der Waals surface area contributed by atoms with Crippen LogP contribution in [0.15, 0.2) is 4.99 Å². The highest BCUT2D eigenvalue weighted by molar-refractivity contribution is 6.31. The molecule has 198 valence electrons. The molecule has 1 aromatic heterocycles. The van der Waals surface area contributed by atoms with Crippen LogP contribution in [0.3, 0.4) is 0 Å². The van der Waals surface area contributed by atoms with Crippen molar-refractivity contribution < 1.29 is 4.79 Å². The molecule has 1 fully saturated rings. The zero-order valence-electron chi connectivity index (χ0n) is 19.7. The van der Waals surface area contributed by atoms with Gasteiger partial charge < -0.3 is 27.0 Å². The van der Waals surface area contributed by atoms with Gasteiger partial charge in [-0.25, -0.2) is 9.97 Å². The average Bonchev–Trinajstić information content (AvgIpc) is 2.74. The van der Waals surface area contributed by atoms with Gasteiger partial charge in [0.2, 0.25) is 0 Å². The van der Waals surface area contributed by atoms with Gasteiger partial charge in [0.15, 0.2) is 28.4 Å². The minimum atomic E-state index is -0.624. The molecule has 1 saturated heterocycles. The van der Waals surface area contributed by atoms with Crippen LogP contribution < -0.4 is 22.5 Å². The van der Waals surface area contributed by atoms with E-state index in [0.717, 1.165) is 45.6 Å². The molecule has 0 aromatic carbocycles. The number of nitrogens with zero attached hydrogens (tertiary/aromatic N) is 5. The number of piperazine rings is 1. The lowest BCUT2D eigenvalue weighted by molar-refractivity contribution is 0.0972. The number of anilines is 2. The summed E-state index contributed by atoms with van der Waals surface area (Å²) < 4.78 is 0. The van der Waals surface area contributed by atoms with Crippen molar-refractivity contribution in [1.82, 2.24) is 25.1 Å². The summed E-state index contributed by atoms with van der Waals surface area (Å²) in [6.45, 7) is 9.64. The first-order valence-corrected chi connectivity index (χ1v) is 11.4. The van der Waals surface area contributed by atoms with E-state index in [4.69, 9.17) is 28.8 Å². The number of nitrogens with one attached hydrogen (secondary N) is 1. The van der Waals surface area contributed by atoms with Crippen LogP contribution in [-0.2, 0) is 0 Å². The molecule has 10 nitrogen and oxygen atoms in total. The van der Waals surface area contributed by atoms with E-state index in [1.54, 1.807) is 0 Å². The number of nitrogens with two attached hydrogens (primary N) is 3. The third-order valence-corrected chi connectivity index (χ3v) is 5.60. The largest absolute Gasteiger partial charge is 0.382 e. The topological polar surface area (TPSA) is 152 Å². The molecule has 0 atom stereocenters. The highest BCUT2D eigenvalue weighted by Crippen LogP contribution is 2.17. The second kappa shape index (κ2) is 19.0. The summed E-state index contributed by atoms with van der Waals surface area (Å²) in [7, 11) is 0. The molecule has 7 N–H and O–H groups in total. The summed E-state index contributed by atoms with van der Waals surface area (Å²) in [5, 5.41) is 2.35. The van der Waals surface area contributed by atoms with Crippen LogP contribution >= 0.6 is 48.8 Å². The quantitative estimate of drug-likeness (QED) is 0.182. The number of guanidine groups is 1. The van der Waals surface area contributed by atoms with E-state index in [-0.39, 0.29) is 65.7 Å². The smallest absolute Gasteiger partial charge is 0.280 e. The third-order valence-electron chi connectivity index (χ3n) is 5.32. The lowest BCUT2D eigenvalue weighted by Crippen LogP contribution is -2.46. The van der Waals surface area contributed by atoms with E-state index in [9.17, 15) is 4.79 Å². The fourth-order valence-corrected chi connectivity index (χ4v) is 3.60. The molecule has 0 aliphatic carbocycles. The molecular formula is C20H39Cl4N9O. The summed E-state index contributed by atoms with van der Waals surface area (Å²) in [5.41, 5.74) is 16.8. The Morgan fingerprint density at radius 3 is 2.06 bits per heavy atom. The van der Waals surface area contributed by atoms with Crippen molar-refractivity contribution in [3.63, 3.8) is 0 Å². The molecule has 1 aliphatic heterocycles. The Balaban J connectivity index is 0. The predicted octanol–water partition coefficient (Wildman–Crippen LogP) is 2.58. The van der Waals surface area contributed by atoms with E-state index in [1.165, 1.54) is 32.2 Å². The molecule has 2 heterocycles. The first-order valence-electron chi connectivity index (χ1n) is 11.0. The Labute approximate surface area is 226 Å². The molecule has 34 heavy (non-hydrogen) atoms. The van der Waals surface area contributed by atoms with Crippen LogP contribution in [0.25, 0.3) is 0 Å². The number of nitrogen functional groups attached to an aromatic ring is 2. The van der Waals surface area contributed by atoms with Crippen molar-refractivity contribution in [2.75, 3.05) is 57.3 Å². The number of halogens is 4. The number of rotatable bonds is 11. The molecule has 0 spiro atoms. The number of unbranched alkanes of at least 4 members (excludes halogenated alkanes) is 4. The number of aliphatic imine (C=N–C) groups is 1. The van der Waals surface area contributed by atoms with Gasteiger partial charge >= 0.3 is 0 Å². The Morgan fingerprint density at radius 2 is 1.50 bits per heavy atom. The Hall–Kier alpha value is -1.30. The van der Waals surface area contributed by atoms with Gasteiger partial charge in [0.05, 0.1) is 0 Å². The number of hydrogen-bond donors (Lipinski definition) is 4. The van der Waals surface area contributed by atoms with Gasteiger partial charge in [-0.3, -0.25) is 15.1 Å². The van der Waals surface area contributed by atoms with Gasteiger partial charge in [-0.2, -0.15) is 0 Å². The van der Waals surface area contributed by atoms with Crippen molar-refractivity contribution in [2.24, 2.45) is 10.7 Å². The Morgan fingerprint density at radius 1 is 0.941 bits per heavy atom. The van der Waals surface area contributed by atoms with Crippen molar-refractivity contribution >= 4 is 72.3 Å². The standard InChI is InChI=1S/C20H36ClN9O.3ClH/c1-2-3-4-6-9-29-11-13-30(14-12-29)10-7-5-8-25-20(24)28-19(31)15-17(22)27-18(23)16(21)26-15;;;/h2-14H2,1H3,(H4,22,23,27)(H3,24,25,28,31);3*1H. The van der Waals surface area contributed by atoms with Crippen LogP contribution in [0, 0.1) is 0 Å². The maximum atomic E-state index is 12.2. The zero-order chi connectivity index (χ0) is 22.6. The minimum Gasteiger partial charge on any atom is -0.382 e. The van der Waals surface area contributed by atoms with Crippen LogP contribution in [0.2, 0.25) is 5.15 Å². The van der Waals surface area contributed by atoms with E-state index in [1.807, 2.05) is 0 Å². The lowest BCUT2D eigenvalue weighted by atomic mass is 10.2. The van der Waals surface area contributed by atoms with Gasteiger partial charge in [-0.1, -0.05) is 37.8 Å².